The number of benzene rings is 1. The summed E-state index contributed by atoms with van der Waals surface area (Å²) in [6.45, 7) is 3.07. The molecular weight excluding hydrogens is 401 g/mol. The molecule has 10 heteroatoms. The molecule has 154 valence electrons. The zero-order chi connectivity index (χ0) is 20.7. The molecular formula is C19H21ClFN5O3. The van der Waals surface area contributed by atoms with Gasteiger partial charge in [0.15, 0.2) is 0 Å². The third-order valence-corrected chi connectivity index (χ3v) is 5.63. The zero-order valence-corrected chi connectivity index (χ0v) is 16.6. The molecule has 2 N–H and O–H groups in total. The third kappa shape index (κ3) is 3.79. The van der Waals surface area contributed by atoms with Crippen LogP contribution in [0.15, 0.2) is 24.4 Å². The van der Waals surface area contributed by atoms with Crippen molar-refractivity contribution in [3.05, 3.63) is 40.9 Å². The highest BCUT2D eigenvalue weighted by Gasteiger charge is 2.34. The number of rotatable bonds is 2. The number of carbonyl (C=O) groups excluding carboxylic acids is 2. The number of anilines is 2. The molecule has 0 radical (unpaired) electrons. The summed E-state index contributed by atoms with van der Waals surface area (Å²) in [4.78, 5) is 28.5. The van der Waals surface area contributed by atoms with Crippen molar-refractivity contribution in [1.29, 1.82) is 0 Å². The quantitative estimate of drug-likeness (QED) is 0.779. The van der Waals surface area contributed by atoms with Crippen molar-refractivity contribution >= 4 is 34.9 Å². The van der Waals surface area contributed by atoms with Gasteiger partial charge < -0.3 is 20.2 Å². The second-order valence-corrected chi connectivity index (χ2v) is 7.79. The van der Waals surface area contributed by atoms with Gasteiger partial charge in [-0.1, -0.05) is 11.6 Å². The van der Waals surface area contributed by atoms with Crippen molar-refractivity contribution in [3.8, 4) is 0 Å². The summed E-state index contributed by atoms with van der Waals surface area (Å²) in [7, 11) is 0. The van der Waals surface area contributed by atoms with Crippen molar-refractivity contribution in [2.75, 3.05) is 16.8 Å². The van der Waals surface area contributed by atoms with Crippen molar-refractivity contribution < 1.29 is 19.1 Å². The van der Waals surface area contributed by atoms with Gasteiger partial charge in [-0.15, -0.1) is 0 Å². The van der Waals surface area contributed by atoms with Crippen molar-refractivity contribution in [2.45, 2.75) is 45.0 Å². The molecule has 1 aromatic heterocycles. The SMILES string of the molecule is CC1Cn2ncc(N3CCC(O)CC3=O)c2CN1C(=O)Nc1ccc(F)c(Cl)c1. The predicted molar refractivity (Wildman–Crippen MR) is 105 cm³/mol. The first-order valence-corrected chi connectivity index (χ1v) is 9.77. The summed E-state index contributed by atoms with van der Waals surface area (Å²) < 4.78 is 15.1. The van der Waals surface area contributed by atoms with Crippen LogP contribution in [0, 0.1) is 5.82 Å². The molecule has 0 spiro atoms. The molecule has 3 amide bonds. The third-order valence-electron chi connectivity index (χ3n) is 5.34. The molecule has 3 heterocycles. The molecule has 2 aliphatic rings. The fourth-order valence-electron chi connectivity index (χ4n) is 3.72. The lowest BCUT2D eigenvalue weighted by atomic mass is 10.1. The number of aliphatic hydroxyl groups is 1. The lowest BCUT2D eigenvalue weighted by Gasteiger charge is -2.36. The summed E-state index contributed by atoms with van der Waals surface area (Å²) in [5, 5.41) is 16.7. The van der Waals surface area contributed by atoms with Crippen LogP contribution in [0.2, 0.25) is 5.02 Å². The Kier molecular flexibility index (Phi) is 5.18. The first-order valence-electron chi connectivity index (χ1n) is 9.39. The maximum atomic E-state index is 13.3. The number of hydrogen-bond donors (Lipinski definition) is 2. The van der Waals surface area contributed by atoms with Crippen LogP contribution in [0.25, 0.3) is 0 Å². The first-order chi connectivity index (χ1) is 13.8. The number of amides is 3. The summed E-state index contributed by atoms with van der Waals surface area (Å²) in [5.74, 6) is -0.712. The van der Waals surface area contributed by atoms with Crippen molar-refractivity contribution in [2.24, 2.45) is 0 Å². The highest BCUT2D eigenvalue weighted by Crippen LogP contribution is 2.30. The smallest absolute Gasteiger partial charge is 0.322 e. The van der Waals surface area contributed by atoms with Gasteiger partial charge in [-0.3, -0.25) is 9.48 Å². The number of aliphatic hydroxyl groups excluding tert-OH is 1. The molecule has 8 nitrogen and oxygen atoms in total. The maximum Gasteiger partial charge on any atom is 0.322 e. The lowest BCUT2D eigenvalue weighted by Crippen LogP contribution is -2.48. The fourth-order valence-corrected chi connectivity index (χ4v) is 3.91. The van der Waals surface area contributed by atoms with Crippen LogP contribution in [-0.4, -0.2) is 50.4 Å². The second kappa shape index (κ2) is 7.64. The second-order valence-electron chi connectivity index (χ2n) is 7.39. The Hall–Kier alpha value is -2.65. The molecule has 2 unspecified atom stereocenters. The highest BCUT2D eigenvalue weighted by atomic mass is 35.5. The molecule has 2 aliphatic heterocycles. The number of halogens is 2. The van der Waals surface area contributed by atoms with E-state index in [0.717, 1.165) is 5.69 Å². The number of carbonyl (C=O) groups is 2. The molecule has 29 heavy (non-hydrogen) atoms. The topological polar surface area (TPSA) is 90.7 Å². The van der Waals surface area contributed by atoms with Crippen LogP contribution < -0.4 is 10.2 Å². The van der Waals surface area contributed by atoms with E-state index in [9.17, 15) is 19.1 Å². The van der Waals surface area contributed by atoms with Gasteiger partial charge in [0.05, 0.1) is 54.3 Å². The molecule has 0 saturated carbocycles. The minimum absolute atomic E-state index is 0.0688. The van der Waals surface area contributed by atoms with E-state index in [2.05, 4.69) is 10.4 Å². The van der Waals surface area contributed by atoms with E-state index in [-0.39, 0.29) is 36.0 Å². The van der Waals surface area contributed by atoms with E-state index in [1.54, 1.807) is 20.7 Å². The Bertz CT molecular complexity index is 965. The van der Waals surface area contributed by atoms with Crippen molar-refractivity contribution in [3.63, 3.8) is 0 Å². The average molecular weight is 422 g/mol. The number of fused-ring (bicyclic) bond motifs is 1. The molecule has 1 aromatic carbocycles. The van der Waals surface area contributed by atoms with Crippen LogP contribution in [0.3, 0.4) is 0 Å². The van der Waals surface area contributed by atoms with Gasteiger partial charge in [0, 0.05) is 12.2 Å². The summed E-state index contributed by atoms with van der Waals surface area (Å²) >= 11 is 5.79. The van der Waals surface area contributed by atoms with E-state index in [0.29, 0.717) is 30.9 Å². The number of aromatic nitrogens is 2. The minimum Gasteiger partial charge on any atom is -0.393 e. The molecule has 1 fully saturated rings. The number of nitrogens with zero attached hydrogens (tertiary/aromatic N) is 4. The lowest BCUT2D eigenvalue weighted by molar-refractivity contribution is -0.122. The first kappa shape index (κ1) is 19.7. The molecule has 0 bridgehead atoms. The molecule has 2 atom stereocenters. The standard InChI is InChI=1S/C19H21ClFN5O3/c1-11-9-26-17(16(8-22-26)24-5-4-13(27)7-18(24)28)10-25(11)19(29)23-12-2-3-15(21)14(20)6-12/h2-3,6,8,11,13,27H,4-5,7,9-10H2,1H3,(H,23,29). The Morgan fingerprint density at radius 2 is 2.21 bits per heavy atom. The van der Waals surface area contributed by atoms with Crippen LogP contribution in [0.5, 0.6) is 0 Å². The van der Waals surface area contributed by atoms with E-state index in [4.69, 9.17) is 11.6 Å². The number of hydrogen-bond acceptors (Lipinski definition) is 4. The molecule has 1 saturated heterocycles. The van der Waals surface area contributed by atoms with Gasteiger partial charge in [0.1, 0.15) is 5.82 Å². The number of piperidine rings is 1. The van der Waals surface area contributed by atoms with Gasteiger partial charge in [0.25, 0.3) is 0 Å². The van der Waals surface area contributed by atoms with Gasteiger partial charge >= 0.3 is 6.03 Å². The van der Waals surface area contributed by atoms with Gasteiger partial charge in [0.2, 0.25) is 5.91 Å². The molecule has 4 rings (SSSR count). The van der Waals surface area contributed by atoms with Crippen LogP contribution in [-0.2, 0) is 17.9 Å². The van der Waals surface area contributed by atoms with Crippen LogP contribution in [0.1, 0.15) is 25.5 Å². The summed E-state index contributed by atoms with van der Waals surface area (Å²) in [5.41, 5.74) is 1.82. The number of urea groups is 1. The fraction of sp³-hybridized carbons (Fsp3) is 0.421. The largest absolute Gasteiger partial charge is 0.393 e. The highest BCUT2D eigenvalue weighted by molar-refractivity contribution is 6.31. The van der Waals surface area contributed by atoms with Gasteiger partial charge in [-0.05, 0) is 31.5 Å². The van der Waals surface area contributed by atoms with E-state index in [1.807, 2.05) is 6.92 Å². The zero-order valence-electron chi connectivity index (χ0n) is 15.8. The Labute approximate surface area is 171 Å². The average Bonchev–Trinajstić information content (AvgIpc) is 3.06. The monoisotopic (exact) mass is 421 g/mol. The Morgan fingerprint density at radius 1 is 1.41 bits per heavy atom. The molecule has 2 aromatic rings. The van der Waals surface area contributed by atoms with Crippen LogP contribution in [0.4, 0.5) is 20.6 Å². The summed E-state index contributed by atoms with van der Waals surface area (Å²) in [6.07, 6.45) is 1.60. The van der Waals surface area contributed by atoms with Crippen LogP contribution >= 0.6 is 11.6 Å². The Balaban J connectivity index is 1.54. The van der Waals surface area contributed by atoms with Gasteiger partial charge in [-0.2, -0.15) is 5.10 Å². The van der Waals surface area contributed by atoms with E-state index < -0.39 is 11.9 Å². The minimum atomic E-state index is -0.616. The predicted octanol–water partition coefficient (Wildman–Crippen LogP) is 2.60. The molecule has 0 aliphatic carbocycles. The van der Waals surface area contributed by atoms with E-state index in [1.165, 1.54) is 18.2 Å². The van der Waals surface area contributed by atoms with Gasteiger partial charge in [-0.25, -0.2) is 9.18 Å². The summed E-state index contributed by atoms with van der Waals surface area (Å²) in [6, 6.07) is 3.52. The Morgan fingerprint density at radius 3 is 2.93 bits per heavy atom. The maximum absolute atomic E-state index is 13.3. The normalized spacial score (nSPS) is 21.9. The van der Waals surface area contributed by atoms with E-state index >= 15 is 0 Å². The number of nitrogens with one attached hydrogen (secondary N) is 1. The van der Waals surface area contributed by atoms with Crippen molar-refractivity contribution in [1.82, 2.24) is 14.7 Å².